The van der Waals surface area contributed by atoms with Crippen LogP contribution in [-0.4, -0.2) is 18.3 Å². The van der Waals surface area contributed by atoms with E-state index < -0.39 is 18.3 Å². The Kier molecular flexibility index (Phi) is 5.19. The molecule has 0 aliphatic heterocycles. The topological polar surface area (TPSA) is 64.4 Å². The van der Waals surface area contributed by atoms with Crippen LogP contribution < -0.4 is 15.8 Å². The second-order valence-corrected chi connectivity index (χ2v) is 4.55. The molecule has 1 rings (SSSR count). The van der Waals surface area contributed by atoms with Crippen molar-refractivity contribution in [3.05, 3.63) is 22.7 Å². The molecular formula is C11H12BrF3N2O2. The zero-order valence-corrected chi connectivity index (χ0v) is 11.5. The predicted octanol–water partition coefficient (Wildman–Crippen LogP) is 3.02. The Morgan fingerprint density at radius 3 is 2.63 bits per heavy atom. The van der Waals surface area contributed by atoms with Crippen LogP contribution in [0.2, 0.25) is 0 Å². The first-order chi connectivity index (χ1) is 8.73. The highest BCUT2D eigenvalue weighted by molar-refractivity contribution is 9.10. The molecule has 106 valence electrons. The fraction of sp³-hybridized carbons (Fsp3) is 0.364. The number of benzene rings is 1. The fourth-order valence-corrected chi connectivity index (χ4v) is 1.67. The van der Waals surface area contributed by atoms with Gasteiger partial charge in [-0.25, -0.2) is 0 Å². The number of amides is 1. The van der Waals surface area contributed by atoms with Gasteiger partial charge in [-0.15, -0.1) is 13.2 Å². The number of hydrogen-bond acceptors (Lipinski definition) is 3. The van der Waals surface area contributed by atoms with E-state index in [1.807, 2.05) is 0 Å². The molecule has 0 aromatic heterocycles. The van der Waals surface area contributed by atoms with E-state index in [0.29, 0.717) is 12.1 Å². The van der Waals surface area contributed by atoms with E-state index in [-0.39, 0.29) is 10.2 Å². The summed E-state index contributed by atoms with van der Waals surface area (Å²) in [4.78, 5) is 11.5. The molecule has 0 saturated heterocycles. The molecule has 0 bridgehead atoms. The van der Waals surface area contributed by atoms with Crippen molar-refractivity contribution in [3.8, 4) is 5.75 Å². The lowest BCUT2D eigenvalue weighted by atomic mass is 10.2. The Hall–Kier alpha value is -1.28. The third-order valence-electron chi connectivity index (χ3n) is 2.20. The molecule has 19 heavy (non-hydrogen) atoms. The van der Waals surface area contributed by atoms with E-state index in [2.05, 4.69) is 26.0 Å². The summed E-state index contributed by atoms with van der Waals surface area (Å²) in [5, 5.41) is 2.49. The molecule has 0 heterocycles. The molecule has 8 heteroatoms. The summed E-state index contributed by atoms with van der Waals surface area (Å²) < 4.78 is 40.0. The SMILES string of the molecule is CCC(N)C(=O)Nc1ccc(OC(F)(F)F)c(Br)c1. The summed E-state index contributed by atoms with van der Waals surface area (Å²) in [5.41, 5.74) is 5.85. The van der Waals surface area contributed by atoms with Gasteiger partial charge in [-0.2, -0.15) is 0 Å². The lowest BCUT2D eigenvalue weighted by Gasteiger charge is -2.13. The summed E-state index contributed by atoms with van der Waals surface area (Å²) in [6.45, 7) is 1.75. The lowest BCUT2D eigenvalue weighted by Crippen LogP contribution is -2.34. The molecule has 0 aliphatic rings. The van der Waals surface area contributed by atoms with Crippen molar-refractivity contribution in [3.63, 3.8) is 0 Å². The highest BCUT2D eigenvalue weighted by atomic mass is 79.9. The molecule has 0 radical (unpaired) electrons. The Labute approximate surface area is 116 Å². The average Bonchev–Trinajstić information content (AvgIpc) is 2.30. The third kappa shape index (κ3) is 5.07. The predicted molar refractivity (Wildman–Crippen MR) is 67.7 cm³/mol. The first kappa shape index (κ1) is 15.8. The number of carbonyl (C=O) groups excluding carboxylic acids is 1. The Balaban J connectivity index is 2.80. The van der Waals surface area contributed by atoms with Crippen molar-refractivity contribution in [2.45, 2.75) is 25.7 Å². The molecule has 1 amide bonds. The number of rotatable bonds is 4. The normalized spacial score (nSPS) is 12.9. The number of halogens is 4. The minimum absolute atomic E-state index is 0.0766. The molecule has 1 aromatic rings. The van der Waals surface area contributed by atoms with Gasteiger partial charge in [-0.3, -0.25) is 4.79 Å². The fourth-order valence-electron chi connectivity index (χ4n) is 1.21. The minimum Gasteiger partial charge on any atom is -0.405 e. The number of hydrogen-bond donors (Lipinski definition) is 2. The summed E-state index contributed by atoms with van der Waals surface area (Å²) >= 11 is 2.94. The van der Waals surface area contributed by atoms with Crippen LogP contribution in [0.4, 0.5) is 18.9 Å². The second-order valence-electron chi connectivity index (χ2n) is 3.70. The number of anilines is 1. The van der Waals surface area contributed by atoms with Gasteiger partial charge in [0.2, 0.25) is 5.91 Å². The van der Waals surface area contributed by atoms with Crippen molar-refractivity contribution >= 4 is 27.5 Å². The van der Waals surface area contributed by atoms with Gasteiger partial charge in [-0.1, -0.05) is 6.92 Å². The average molecular weight is 341 g/mol. The second kappa shape index (κ2) is 6.25. The first-order valence-corrected chi connectivity index (χ1v) is 6.14. The third-order valence-corrected chi connectivity index (χ3v) is 2.82. The Morgan fingerprint density at radius 1 is 1.53 bits per heavy atom. The molecule has 1 unspecified atom stereocenters. The highest BCUT2D eigenvalue weighted by Crippen LogP contribution is 2.32. The van der Waals surface area contributed by atoms with Gasteiger partial charge in [0.25, 0.3) is 0 Å². The van der Waals surface area contributed by atoms with Crippen LogP contribution in [0.3, 0.4) is 0 Å². The number of nitrogens with one attached hydrogen (secondary N) is 1. The van der Waals surface area contributed by atoms with Crippen LogP contribution in [0.1, 0.15) is 13.3 Å². The zero-order valence-electron chi connectivity index (χ0n) is 9.92. The van der Waals surface area contributed by atoms with E-state index in [4.69, 9.17) is 5.73 Å². The lowest BCUT2D eigenvalue weighted by molar-refractivity contribution is -0.274. The van der Waals surface area contributed by atoms with Gasteiger partial charge < -0.3 is 15.8 Å². The summed E-state index contributed by atoms with van der Waals surface area (Å²) in [7, 11) is 0. The molecule has 4 nitrogen and oxygen atoms in total. The van der Waals surface area contributed by atoms with E-state index >= 15 is 0 Å². The Bertz CT molecular complexity index is 466. The van der Waals surface area contributed by atoms with Crippen LogP contribution in [0.25, 0.3) is 0 Å². The summed E-state index contributed by atoms with van der Waals surface area (Å²) in [5.74, 6) is -0.788. The van der Waals surface area contributed by atoms with Crippen LogP contribution >= 0.6 is 15.9 Å². The maximum Gasteiger partial charge on any atom is 0.573 e. The Morgan fingerprint density at radius 2 is 2.16 bits per heavy atom. The maximum atomic E-state index is 12.1. The van der Waals surface area contributed by atoms with Gasteiger partial charge in [-0.05, 0) is 40.5 Å². The summed E-state index contributed by atoms with van der Waals surface area (Å²) in [6, 6.07) is 3.04. The van der Waals surface area contributed by atoms with Gasteiger partial charge in [0, 0.05) is 5.69 Å². The number of ether oxygens (including phenoxy) is 1. The van der Waals surface area contributed by atoms with Gasteiger partial charge in [0.15, 0.2) is 0 Å². The molecule has 1 atom stereocenters. The molecule has 3 N–H and O–H groups in total. The zero-order chi connectivity index (χ0) is 14.6. The minimum atomic E-state index is -4.77. The van der Waals surface area contributed by atoms with E-state index in [0.717, 1.165) is 6.07 Å². The number of alkyl halides is 3. The quantitative estimate of drug-likeness (QED) is 0.885. The van der Waals surface area contributed by atoms with Crippen molar-refractivity contribution < 1.29 is 22.7 Å². The summed E-state index contributed by atoms with van der Waals surface area (Å²) in [6.07, 6.45) is -4.31. The van der Waals surface area contributed by atoms with Crippen molar-refractivity contribution in [1.29, 1.82) is 0 Å². The van der Waals surface area contributed by atoms with Crippen LogP contribution in [0.5, 0.6) is 5.75 Å². The van der Waals surface area contributed by atoms with E-state index in [1.165, 1.54) is 12.1 Å². The molecule has 0 saturated carbocycles. The van der Waals surface area contributed by atoms with Crippen LogP contribution in [-0.2, 0) is 4.79 Å². The number of carbonyl (C=O) groups is 1. The molecular weight excluding hydrogens is 329 g/mol. The first-order valence-electron chi connectivity index (χ1n) is 5.34. The smallest absolute Gasteiger partial charge is 0.405 e. The van der Waals surface area contributed by atoms with Crippen molar-refractivity contribution in [1.82, 2.24) is 0 Å². The van der Waals surface area contributed by atoms with E-state index in [9.17, 15) is 18.0 Å². The number of nitrogens with two attached hydrogens (primary N) is 1. The van der Waals surface area contributed by atoms with Gasteiger partial charge in [0.05, 0.1) is 10.5 Å². The monoisotopic (exact) mass is 340 g/mol. The molecule has 0 spiro atoms. The maximum absolute atomic E-state index is 12.1. The van der Waals surface area contributed by atoms with E-state index in [1.54, 1.807) is 6.92 Å². The van der Waals surface area contributed by atoms with Crippen LogP contribution in [0.15, 0.2) is 22.7 Å². The molecule has 0 fully saturated rings. The van der Waals surface area contributed by atoms with Crippen molar-refractivity contribution in [2.24, 2.45) is 5.73 Å². The standard InChI is InChI=1S/C11H12BrF3N2O2/c1-2-8(16)10(18)17-6-3-4-9(7(12)5-6)19-11(13,14)15/h3-5,8H,2,16H2,1H3,(H,17,18). The van der Waals surface area contributed by atoms with Gasteiger partial charge >= 0.3 is 6.36 Å². The van der Waals surface area contributed by atoms with Crippen LogP contribution in [0, 0.1) is 0 Å². The highest BCUT2D eigenvalue weighted by Gasteiger charge is 2.32. The molecule has 0 aliphatic carbocycles. The van der Waals surface area contributed by atoms with Crippen molar-refractivity contribution in [2.75, 3.05) is 5.32 Å². The largest absolute Gasteiger partial charge is 0.573 e. The molecule has 1 aromatic carbocycles. The van der Waals surface area contributed by atoms with Gasteiger partial charge in [0.1, 0.15) is 5.75 Å².